The summed E-state index contributed by atoms with van der Waals surface area (Å²) in [5, 5.41) is 27.3. The van der Waals surface area contributed by atoms with E-state index < -0.39 is 17.9 Å². The largest absolute Gasteiger partial charge is 0.481 e. The van der Waals surface area contributed by atoms with Crippen molar-refractivity contribution in [1.82, 2.24) is 0 Å². The molecule has 192 valence electrons. The summed E-state index contributed by atoms with van der Waals surface area (Å²) in [4.78, 5) is 33.3. The zero-order valence-electron chi connectivity index (χ0n) is 20.8. The van der Waals surface area contributed by atoms with E-state index in [2.05, 4.69) is 19.1 Å². The van der Waals surface area contributed by atoms with Crippen LogP contribution in [-0.2, 0) is 14.4 Å². The predicted octanol–water partition coefficient (Wildman–Crippen LogP) is 5.87. The molecule has 0 atom stereocenters. The minimum absolute atomic E-state index is 0.0791. The van der Waals surface area contributed by atoms with Gasteiger partial charge in [-0.25, -0.2) is 0 Å². The number of aliphatic carboxylic acids is 3. The zero-order chi connectivity index (χ0) is 24.8. The number of rotatable bonds is 24. The lowest BCUT2D eigenvalue weighted by molar-refractivity contribution is -0.927. The van der Waals surface area contributed by atoms with Crippen molar-refractivity contribution in [2.24, 2.45) is 0 Å². The second kappa shape index (κ2) is 20.7. The van der Waals surface area contributed by atoms with Gasteiger partial charge in [0.15, 0.2) is 0 Å². The number of carboxylic acids is 3. The summed E-state index contributed by atoms with van der Waals surface area (Å²) in [5.74, 6) is -2.81. The van der Waals surface area contributed by atoms with Crippen LogP contribution in [0.3, 0.4) is 0 Å². The third kappa shape index (κ3) is 20.4. The molecule has 0 aromatic heterocycles. The van der Waals surface area contributed by atoms with Crippen LogP contribution in [0.4, 0.5) is 0 Å². The molecular weight excluding hydrogens is 422 g/mol. The fraction of sp³-hybridized carbons (Fsp3) is 0.808. The van der Waals surface area contributed by atoms with Gasteiger partial charge in [-0.05, 0) is 38.5 Å². The lowest BCUT2D eigenvalue weighted by Crippen LogP contribution is -2.52. The van der Waals surface area contributed by atoms with Crippen LogP contribution >= 0.6 is 0 Å². The molecular formula is C26H48NO6+. The lowest BCUT2D eigenvalue weighted by atomic mass is 10.1. The molecule has 0 aromatic carbocycles. The number of nitrogens with zero attached hydrogens (tertiary/aromatic N) is 1. The van der Waals surface area contributed by atoms with Crippen molar-refractivity contribution >= 4 is 17.9 Å². The molecule has 0 aliphatic carbocycles. The van der Waals surface area contributed by atoms with E-state index in [9.17, 15) is 14.4 Å². The highest BCUT2D eigenvalue weighted by molar-refractivity contribution is 5.67. The normalized spacial score (nSPS) is 11.8. The van der Waals surface area contributed by atoms with Crippen molar-refractivity contribution in [2.75, 3.05) is 26.2 Å². The van der Waals surface area contributed by atoms with Crippen LogP contribution in [0.2, 0.25) is 0 Å². The van der Waals surface area contributed by atoms with Gasteiger partial charge >= 0.3 is 17.9 Å². The minimum atomic E-state index is -0.937. The molecule has 33 heavy (non-hydrogen) atoms. The van der Waals surface area contributed by atoms with Crippen molar-refractivity contribution in [1.29, 1.82) is 0 Å². The van der Waals surface area contributed by atoms with Crippen molar-refractivity contribution < 1.29 is 34.2 Å². The summed E-state index contributed by atoms with van der Waals surface area (Å²) >= 11 is 0. The summed E-state index contributed by atoms with van der Waals surface area (Å²) in [7, 11) is 0. The Hall–Kier alpha value is -1.89. The highest BCUT2D eigenvalue weighted by Gasteiger charge is 2.29. The van der Waals surface area contributed by atoms with Gasteiger partial charge in [-0.1, -0.05) is 64.0 Å². The van der Waals surface area contributed by atoms with Crippen LogP contribution in [0.5, 0.6) is 0 Å². The SMILES string of the molecule is CCCCCCCC/C=C/CCCCCCC[N+](CCC(=O)O)(CCC(=O)O)CCC(=O)O. The van der Waals surface area contributed by atoms with E-state index in [1.54, 1.807) is 0 Å². The van der Waals surface area contributed by atoms with Gasteiger partial charge in [-0.3, -0.25) is 14.4 Å². The first-order chi connectivity index (χ1) is 15.8. The molecule has 0 unspecified atom stereocenters. The van der Waals surface area contributed by atoms with Gasteiger partial charge < -0.3 is 19.8 Å². The van der Waals surface area contributed by atoms with Crippen LogP contribution in [0.1, 0.15) is 110 Å². The van der Waals surface area contributed by atoms with Gasteiger partial charge in [0.05, 0.1) is 45.4 Å². The quantitative estimate of drug-likeness (QED) is 0.0923. The number of allylic oxidation sites excluding steroid dienone is 2. The maximum atomic E-state index is 11.1. The number of carboxylic acid groups (broad SMARTS) is 3. The molecule has 0 saturated carbocycles. The van der Waals surface area contributed by atoms with E-state index in [4.69, 9.17) is 15.3 Å². The average molecular weight is 471 g/mol. The van der Waals surface area contributed by atoms with Crippen molar-refractivity contribution in [3.05, 3.63) is 12.2 Å². The molecule has 0 spiro atoms. The molecule has 0 saturated heterocycles. The molecule has 0 aliphatic heterocycles. The van der Waals surface area contributed by atoms with E-state index in [0.717, 1.165) is 38.5 Å². The summed E-state index contributed by atoms with van der Waals surface area (Å²) in [6.45, 7) is 3.70. The van der Waals surface area contributed by atoms with Crippen LogP contribution in [0, 0.1) is 0 Å². The van der Waals surface area contributed by atoms with Crippen LogP contribution in [0.15, 0.2) is 12.2 Å². The minimum Gasteiger partial charge on any atom is -0.481 e. The molecule has 0 rings (SSSR count). The fourth-order valence-electron chi connectivity index (χ4n) is 4.19. The van der Waals surface area contributed by atoms with Gasteiger partial charge in [0, 0.05) is 0 Å². The summed E-state index contributed by atoms with van der Waals surface area (Å²) in [6.07, 6.45) is 19.8. The number of hydrogen-bond acceptors (Lipinski definition) is 3. The molecule has 3 N–H and O–H groups in total. The van der Waals surface area contributed by atoms with E-state index >= 15 is 0 Å². The first-order valence-corrected chi connectivity index (χ1v) is 13.0. The number of unbranched alkanes of at least 4 members (excludes halogenated alkanes) is 11. The topological polar surface area (TPSA) is 112 Å². The average Bonchev–Trinajstić information content (AvgIpc) is 2.76. The zero-order valence-corrected chi connectivity index (χ0v) is 20.8. The molecule has 0 amide bonds. The van der Waals surface area contributed by atoms with E-state index in [1.165, 1.54) is 44.9 Å². The maximum Gasteiger partial charge on any atom is 0.309 e. The predicted molar refractivity (Wildman–Crippen MR) is 131 cm³/mol. The van der Waals surface area contributed by atoms with Gasteiger partial charge in [-0.2, -0.15) is 0 Å². The number of carbonyl (C=O) groups is 3. The molecule has 0 aliphatic rings. The molecule has 7 nitrogen and oxygen atoms in total. The first-order valence-electron chi connectivity index (χ1n) is 13.0. The third-order valence-corrected chi connectivity index (χ3v) is 6.29. The smallest absolute Gasteiger partial charge is 0.309 e. The second-order valence-corrected chi connectivity index (χ2v) is 9.25. The highest BCUT2D eigenvalue weighted by atomic mass is 16.4. The Bertz CT molecular complexity index is 515. The second-order valence-electron chi connectivity index (χ2n) is 9.25. The molecule has 0 aromatic rings. The monoisotopic (exact) mass is 470 g/mol. The maximum absolute atomic E-state index is 11.1. The molecule has 0 fully saturated rings. The van der Waals surface area contributed by atoms with Gasteiger partial charge in [0.25, 0.3) is 0 Å². The Morgan fingerprint density at radius 2 is 0.909 bits per heavy atom. The van der Waals surface area contributed by atoms with Crippen LogP contribution < -0.4 is 0 Å². The summed E-state index contributed by atoms with van der Waals surface area (Å²) in [5.41, 5.74) is 0. The van der Waals surface area contributed by atoms with E-state index in [1.807, 2.05) is 0 Å². The Morgan fingerprint density at radius 1 is 0.545 bits per heavy atom. The van der Waals surface area contributed by atoms with E-state index in [0.29, 0.717) is 6.54 Å². The van der Waals surface area contributed by atoms with Crippen molar-refractivity contribution in [3.8, 4) is 0 Å². The van der Waals surface area contributed by atoms with Crippen molar-refractivity contribution in [2.45, 2.75) is 110 Å². The third-order valence-electron chi connectivity index (χ3n) is 6.29. The number of quaternary nitrogens is 1. The van der Waals surface area contributed by atoms with Gasteiger partial charge in [0.1, 0.15) is 0 Å². The van der Waals surface area contributed by atoms with Gasteiger partial charge in [-0.15, -0.1) is 0 Å². The van der Waals surface area contributed by atoms with Crippen LogP contribution in [-0.4, -0.2) is 63.9 Å². The summed E-state index contributed by atoms with van der Waals surface area (Å²) < 4.78 is 0.256. The molecule has 7 heteroatoms. The Labute approximate surface area is 200 Å². The van der Waals surface area contributed by atoms with Crippen LogP contribution in [0.25, 0.3) is 0 Å². The fourth-order valence-corrected chi connectivity index (χ4v) is 4.19. The molecule has 0 radical (unpaired) electrons. The highest BCUT2D eigenvalue weighted by Crippen LogP contribution is 2.16. The summed E-state index contributed by atoms with van der Waals surface area (Å²) in [6, 6.07) is 0. The Morgan fingerprint density at radius 3 is 1.30 bits per heavy atom. The Balaban J connectivity index is 4.19. The van der Waals surface area contributed by atoms with Crippen molar-refractivity contribution in [3.63, 3.8) is 0 Å². The first kappa shape index (κ1) is 31.1. The molecule has 0 bridgehead atoms. The Kier molecular flexibility index (Phi) is 19.5. The number of hydrogen-bond donors (Lipinski definition) is 3. The standard InChI is InChI=1S/C26H47NO6/c1-2-3-4-5-6-7-8-9-10-11-12-13-14-15-16-20-27(21-17-24(28)29,22-18-25(30)31)23-19-26(32)33/h9-10H,2-8,11-23H2,1H3,(H2-,28,29,30,31,32,33)/p+1/b10-9+. The van der Waals surface area contributed by atoms with E-state index in [-0.39, 0.29) is 43.4 Å². The lowest BCUT2D eigenvalue weighted by Gasteiger charge is -2.38. The van der Waals surface area contributed by atoms with Gasteiger partial charge in [0.2, 0.25) is 0 Å². The molecule has 0 heterocycles.